The predicted molar refractivity (Wildman–Crippen MR) is 90.5 cm³/mol. The Morgan fingerprint density at radius 2 is 2.17 bits per heavy atom. The van der Waals surface area contributed by atoms with Crippen molar-refractivity contribution in [2.75, 3.05) is 18.5 Å². The normalized spacial score (nSPS) is 10.6. The highest BCUT2D eigenvalue weighted by Crippen LogP contribution is 2.20. The molecule has 0 radical (unpaired) electrons. The summed E-state index contributed by atoms with van der Waals surface area (Å²) in [6, 6.07) is 5.60. The summed E-state index contributed by atoms with van der Waals surface area (Å²) in [4.78, 5) is 12.1. The molecule has 0 unspecified atom stereocenters. The van der Waals surface area contributed by atoms with Gasteiger partial charge in [-0.25, -0.2) is 0 Å². The molecule has 124 valence electrons. The van der Waals surface area contributed by atoms with Crippen LogP contribution in [0.25, 0.3) is 0 Å². The minimum absolute atomic E-state index is 0.0659. The van der Waals surface area contributed by atoms with Crippen molar-refractivity contribution in [2.45, 2.75) is 26.8 Å². The van der Waals surface area contributed by atoms with Crippen molar-refractivity contribution in [3.8, 4) is 0 Å². The Kier molecular flexibility index (Phi) is 5.76. The van der Waals surface area contributed by atoms with E-state index in [2.05, 4.69) is 22.7 Å². The molecule has 1 amide bonds. The highest BCUT2D eigenvalue weighted by Gasteiger charge is 2.12. The van der Waals surface area contributed by atoms with Crippen LogP contribution in [-0.4, -0.2) is 33.9 Å². The molecule has 0 fully saturated rings. The van der Waals surface area contributed by atoms with Gasteiger partial charge in [-0.15, -0.1) is 0 Å². The van der Waals surface area contributed by atoms with Crippen LogP contribution in [-0.2, 0) is 20.0 Å². The number of hydrogen-bond acceptors (Lipinski definition) is 4. The van der Waals surface area contributed by atoms with E-state index >= 15 is 0 Å². The van der Waals surface area contributed by atoms with Crippen LogP contribution in [0, 0.1) is 6.92 Å². The van der Waals surface area contributed by atoms with Gasteiger partial charge in [0.25, 0.3) is 5.91 Å². The molecule has 0 bridgehead atoms. The summed E-state index contributed by atoms with van der Waals surface area (Å²) in [5, 5.41) is 19.3. The van der Waals surface area contributed by atoms with Gasteiger partial charge in [-0.2, -0.15) is 5.10 Å². The van der Waals surface area contributed by atoms with Crippen LogP contribution in [0.3, 0.4) is 0 Å². The molecule has 2 aromatic rings. The predicted octanol–water partition coefficient (Wildman–Crippen LogP) is 1.63. The number of nitrogens with one attached hydrogen (secondary N) is 2. The van der Waals surface area contributed by atoms with Crippen LogP contribution in [0.15, 0.2) is 24.4 Å². The van der Waals surface area contributed by atoms with Crippen molar-refractivity contribution in [1.29, 1.82) is 0 Å². The van der Waals surface area contributed by atoms with Crippen LogP contribution in [0.2, 0.25) is 0 Å². The number of aromatic nitrogens is 2. The van der Waals surface area contributed by atoms with Crippen LogP contribution >= 0.6 is 0 Å². The first-order valence-corrected chi connectivity index (χ1v) is 7.80. The number of carbonyl (C=O) groups is 1. The highest BCUT2D eigenvalue weighted by molar-refractivity contribution is 5.97. The molecule has 6 nitrogen and oxygen atoms in total. The molecule has 0 atom stereocenters. The zero-order valence-electron chi connectivity index (χ0n) is 13.9. The maximum Gasteiger partial charge on any atom is 0.251 e. The number of nitrogens with zero attached hydrogens (tertiary/aromatic N) is 2. The van der Waals surface area contributed by atoms with Gasteiger partial charge in [0.15, 0.2) is 0 Å². The van der Waals surface area contributed by atoms with Gasteiger partial charge in [-0.1, -0.05) is 13.0 Å². The van der Waals surface area contributed by atoms with Crippen molar-refractivity contribution in [1.82, 2.24) is 15.1 Å². The Labute approximate surface area is 136 Å². The molecule has 0 saturated carbocycles. The molecule has 1 aromatic heterocycles. The third kappa shape index (κ3) is 4.10. The second-order valence-electron chi connectivity index (χ2n) is 5.44. The number of aliphatic hydroxyl groups excluding tert-OH is 1. The minimum atomic E-state index is -0.171. The Bertz CT molecular complexity index is 679. The molecule has 1 heterocycles. The summed E-state index contributed by atoms with van der Waals surface area (Å²) >= 11 is 0. The lowest BCUT2D eigenvalue weighted by Gasteiger charge is -2.13. The number of benzene rings is 1. The van der Waals surface area contributed by atoms with Gasteiger partial charge in [0.1, 0.15) is 0 Å². The fourth-order valence-corrected chi connectivity index (χ4v) is 2.56. The highest BCUT2D eigenvalue weighted by atomic mass is 16.3. The van der Waals surface area contributed by atoms with Gasteiger partial charge in [-0.3, -0.25) is 9.48 Å². The smallest absolute Gasteiger partial charge is 0.251 e. The number of anilines is 1. The number of amides is 1. The lowest BCUT2D eigenvalue weighted by molar-refractivity contribution is 0.0944. The van der Waals surface area contributed by atoms with Gasteiger partial charge in [0.2, 0.25) is 0 Å². The third-order valence-electron chi connectivity index (χ3n) is 3.77. The van der Waals surface area contributed by atoms with Gasteiger partial charge in [0, 0.05) is 43.1 Å². The largest absolute Gasteiger partial charge is 0.395 e. The van der Waals surface area contributed by atoms with E-state index < -0.39 is 0 Å². The second kappa shape index (κ2) is 7.78. The first-order valence-electron chi connectivity index (χ1n) is 7.80. The lowest BCUT2D eigenvalue weighted by Crippen LogP contribution is -2.27. The van der Waals surface area contributed by atoms with E-state index in [1.54, 1.807) is 6.07 Å². The first kappa shape index (κ1) is 17.0. The summed E-state index contributed by atoms with van der Waals surface area (Å²) in [7, 11) is 1.92. The number of rotatable bonds is 7. The fourth-order valence-electron chi connectivity index (χ4n) is 2.56. The molecule has 0 aliphatic rings. The standard InChI is InChI=1S/C17H24N4O2/c1-4-15-13(11-21(3)20-15)10-19-16-7-5-6-14(12(16)2)17(23)18-8-9-22/h5-7,11,19,22H,4,8-10H2,1-3H3,(H,18,23). The van der Waals surface area contributed by atoms with Crippen LogP contribution in [0.1, 0.15) is 34.1 Å². The maximum atomic E-state index is 12.1. The van der Waals surface area contributed by atoms with E-state index in [4.69, 9.17) is 5.11 Å². The SMILES string of the molecule is CCc1nn(C)cc1CNc1cccc(C(=O)NCCO)c1C. The second-order valence-corrected chi connectivity index (χ2v) is 5.44. The quantitative estimate of drug-likeness (QED) is 0.725. The third-order valence-corrected chi connectivity index (χ3v) is 3.77. The maximum absolute atomic E-state index is 12.1. The number of hydrogen-bond donors (Lipinski definition) is 3. The average molecular weight is 316 g/mol. The summed E-state index contributed by atoms with van der Waals surface area (Å²) in [5.41, 5.74) is 4.67. The molecule has 1 aromatic carbocycles. The van der Waals surface area contributed by atoms with E-state index in [0.29, 0.717) is 12.1 Å². The van der Waals surface area contributed by atoms with Crippen molar-refractivity contribution in [2.24, 2.45) is 7.05 Å². The molecule has 3 N–H and O–H groups in total. The van der Waals surface area contributed by atoms with Crippen LogP contribution < -0.4 is 10.6 Å². The van der Waals surface area contributed by atoms with Crippen molar-refractivity contribution < 1.29 is 9.90 Å². The average Bonchev–Trinajstić information content (AvgIpc) is 2.91. The van der Waals surface area contributed by atoms with Crippen LogP contribution in [0.4, 0.5) is 5.69 Å². The van der Waals surface area contributed by atoms with Gasteiger partial charge in [0.05, 0.1) is 12.3 Å². The molecule has 0 spiro atoms. The van der Waals surface area contributed by atoms with Gasteiger partial charge in [-0.05, 0) is 31.0 Å². The monoisotopic (exact) mass is 316 g/mol. The zero-order valence-corrected chi connectivity index (χ0v) is 13.9. The number of carbonyl (C=O) groups excluding carboxylic acids is 1. The molecule has 0 saturated heterocycles. The van der Waals surface area contributed by atoms with E-state index in [-0.39, 0.29) is 19.1 Å². The van der Waals surface area contributed by atoms with E-state index in [1.807, 2.05) is 37.0 Å². The lowest BCUT2D eigenvalue weighted by atomic mass is 10.1. The Hall–Kier alpha value is -2.34. The fraction of sp³-hybridized carbons (Fsp3) is 0.412. The van der Waals surface area contributed by atoms with Crippen molar-refractivity contribution in [3.05, 3.63) is 46.8 Å². The molecule has 0 aliphatic carbocycles. The summed E-state index contributed by atoms with van der Waals surface area (Å²) in [5.74, 6) is -0.171. The Morgan fingerprint density at radius 3 is 2.87 bits per heavy atom. The molecule has 0 aliphatic heterocycles. The molecular formula is C17H24N4O2. The number of aryl methyl sites for hydroxylation is 2. The first-order chi connectivity index (χ1) is 11.1. The van der Waals surface area contributed by atoms with E-state index in [0.717, 1.165) is 28.9 Å². The van der Waals surface area contributed by atoms with Gasteiger partial charge >= 0.3 is 0 Å². The Morgan fingerprint density at radius 1 is 1.39 bits per heavy atom. The zero-order chi connectivity index (χ0) is 16.8. The molecule has 23 heavy (non-hydrogen) atoms. The van der Waals surface area contributed by atoms with Crippen LogP contribution in [0.5, 0.6) is 0 Å². The summed E-state index contributed by atoms with van der Waals surface area (Å²) in [6.45, 7) is 4.86. The topological polar surface area (TPSA) is 79.2 Å². The van der Waals surface area contributed by atoms with E-state index in [9.17, 15) is 4.79 Å². The summed E-state index contributed by atoms with van der Waals surface area (Å²) in [6.07, 6.45) is 2.90. The van der Waals surface area contributed by atoms with Crippen molar-refractivity contribution >= 4 is 11.6 Å². The molecule has 6 heteroatoms. The van der Waals surface area contributed by atoms with E-state index in [1.165, 1.54) is 0 Å². The minimum Gasteiger partial charge on any atom is -0.395 e. The molecular weight excluding hydrogens is 292 g/mol. The summed E-state index contributed by atoms with van der Waals surface area (Å²) < 4.78 is 1.82. The number of aliphatic hydroxyl groups is 1. The molecule has 2 rings (SSSR count). The van der Waals surface area contributed by atoms with Gasteiger partial charge < -0.3 is 15.7 Å². The van der Waals surface area contributed by atoms with Crippen molar-refractivity contribution in [3.63, 3.8) is 0 Å². The Balaban J connectivity index is 2.12.